The largest absolute Gasteiger partial charge is 0.382 e. The number of nitrogens with one attached hydrogen (secondary N) is 1. The Morgan fingerprint density at radius 1 is 1.38 bits per heavy atom. The Kier molecular flexibility index (Phi) is 6.50. The Bertz CT molecular complexity index is 445. The Hall–Kier alpha value is -1.59. The average molecular weight is 292 g/mol. The normalized spacial score (nSPS) is 15.0. The van der Waals surface area contributed by atoms with Gasteiger partial charge in [0.05, 0.1) is 13.2 Å². The average Bonchev–Trinajstić information content (AvgIpc) is 2.53. The molecule has 0 aromatic heterocycles. The molecule has 1 fully saturated rings. The SMILES string of the molecule is CCOCCCC(=O)Nc1cccc(N2CCOCC2)c1. The first-order valence-electron chi connectivity index (χ1n) is 7.60. The van der Waals surface area contributed by atoms with E-state index >= 15 is 0 Å². The lowest BCUT2D eigenvalue weighted by molar-refractivity contribution is -0.116. The minimum atomic E-state index is 0.0360. The summed E-state index contributed by atoms with van der Waals surface area (Å²) in [5.41, 5.74) is 1.98. The first kappa shape index (κ1) is 15.8. The maximum absolute atomic E-state index is 11.9. The molecule has 0 radical (unpaired) electrons. The third-order valence-corrected chi connectivity index (χ3v) is 3.40. The molecule has 1 aliphatic rings. The van der Waals surface area contributed by atoms with Crippen molar-refractivity contribution in [2.45, 2.75) is 19.8 Å². The number of amides is 1. The number of anilines is 2. The molecule has 1 aliphatic heterocycles. The molecule has 1 amide bonds. The van der Waals surface area contributed by atoms with Crippen molar-refractivity contribution in [2.75, 3.05) is 49.7 Å². The van der Waals surface area contributed by atoms with Gasteiger partial charge in [-0.15, -0.1) is 0 Å². The van der Waals surface area contributed by atoms with Crippen LogP contribution in [0.2, 0.25) is 0 Å². The summed E-state index contributed by atoms with van der Waals surface area (Å²) >= 11 is 0. The van der Waals surface area contributed by atoms with Crippen LogP contribution in [0.15, 0.2) is 24.3 Å². The molecule has 5 nitrogen and oxygen atoms in total. The number of nitrogens with zero attached hydrogens (tertiary/aromatic N) is 1. The fraction of sp³-hybridized carbons (Fsp3) is 0.562. The van der Waals surface area contributed by atoms with Gasteiger partial charge in [0.15, 0.2) is 0 Å². The standard InChI is InChI=1S/C16H24N2O3/c1-2-20-10-4-7-16(19)17-14-5-3-6-15(13-14)18-8-11-21-12-9-18/h3,5-6,13H,2,4,7-12H2,1H3,(H,17,19). The van der Waals surface area contributed by atoms with Crippen LogP contribution in [-0.2, 0) is 14.3 Å². The molecule has 1 aromatic rings. The molecule has 21 heavy (non-hydrogen) atoms. The molecule has 1 heterocycles. The molecule has 5 heteroatoms. The minimum Gasteiger partial charge on any atom is -0.382 e. The lowest BCUT2D eigenvalue weighted by Crippen LogP contribution is -2.36. The van der Waals surface area contributed by atoms with Gasteiger partial charge in [-0.1, -0.05) is 6.07 Å². The van der Waals surface area contributed by atoms with Gasteiger partial charge in [-0.05, 0) is 31.5 Å². The molecule has 0 unspecified atom stereocenters. The second kappa shape index (κ2) is 8.64. The number of rotatable bonds is 7. The lowest BCUT2D eigenvalue weighted by Gasteiger charge is -2.29. The van der Waals surface area contributed by atoms with E-state index < -0.39 is 0 Å². The van der Waals surface area contributed by atoms with Gasteiger partial charge < -0.3 is 19.7 Å². The quantitative estimate of drug-likeness (QED) is 0.783. The van der Waals surface area contributed by atoms with Crippen LogP contribution < -0.4 is 10.2 Å². The van der Waals surface area contributed by atoms with Gasteiger partial charge in [0.1, 0.15) is 0 Å². The molecule has 1 saturated heterocycles. The number of carbonyl (C=O) groups excluding carboxylic acids is 1. The van der Waals surface area contributed by atoms with Crippen molar-refractivity contribution in [3.05, 3.63) is 24.3 Å². The van der Waals surface area contributed by atoms with Crippen molar-refractivity contribution < 1.29 is 14.3 Å². The smallest absolute Gasteiger partial charge is 0.224 e. The monoisotopic (exact) mass is 292 g/mol. The van der Waals surface area contributed by atoms with E-state index in [1.807, 2.05) is 25.1 Å². The number of hydrogen-bond donors (Lipinski definition) is 1. The Morgan fingerprint density at radius 2 is 2.19 bits per heavy atom. The lowest BCUT2D eigenvalue weighted by atomic mass is 10.2. The van der Waals surface area contributed by atoms with Gasteiger partial charge in [-0.25, -0.2) is 0 Å². The Labute approximate surface area is 126 Å². The van der Waals surface area contributed by atoms with Gasteiger partial charge in [-0.2, -0.15) is 0 Å². The van der Waals surface area contributed by atoms with Crippen molar-refractivity contribution in [1.82, 2.24) is 0 Å². The first-order valence-corrected chi connectivity index (χ1v) is 7.60. The molecule has 1 N–H and O–H groups in total. The van der Waals surface area contributed by atoms with Crippen LogP contribution in [0.25, 0.3) is 0 Å². The summed E-state index contributed by atoms with van der Waals surface area (Å²) in [6.07, 6.45) is 1.24. The van der Waals surface area contributed by atoms with E-state index in [9.17, 15) is 4.79 Å². The number of ether oxygens (including phenoxy) is 2. The summed E-state index contributed by atoms with van der Waals surface area (Å²) in [6, 6.07) is 7.98. The third-order valence-electron chi connectivity index (χ3n) is 3.40. The highest BCUT2D eigenvalue weighted by molar-refractivity contribution is 5.91. The second-order valence-corrected chi connectivity index (χ2v) is 5.00. The highest BCUT2D eigenvalue weighted by Crippen LogP contribution is 2.20. The zero-order chi connectivity index (χ0) is 14.9. The molecule has 2 rings (SSSR count). The van der Waals surface area contributed by atoms with Crippen molar-refractivity contribution in [3.8, 4) is 0 Å². The van der Waals surface area contributed by atoms with E-state index in [1.54, 1.807) is 0 Å². The fourth-order valence-electron chi connectivity index (χ4n) is 2.30. The highest BCUT2D eigenvalue weighted by atomic mass is 16.5. The van der Waals surface area contributed by atoms with Crippen molar-refractivity contribution in [3.63, 3.8) is 0 Å². The van der Waals surface area contributed by atoms with E-state index in [4.69, 9.17) is 9.47 Å². The summed E-state index contributed by atoms with van der Waals surface area (Å²) in [5, 5.41) is 2.95. The van der Waals surface area contributed by atoms with E-state index in [2.05, 4.69) is 16.3 Å². The maximum atomic E-state index is 11.9. The van der Waals surface area contributed by atoms with Crippen molar-refractivity contribution >= 4 is 17.3 Å². The van der Waals surface area contributed by atoms with E-state index in [-0.39, 0.29) is 5.91 Å². The van der Waals surface area contributed by atoms with E-state index in [0.29, 0.717) is 19.6 Å². The van der Waals surface area contributed by atoms with Crippen molar-refractivity contribution in [2.24, 2.45) is 0 Å². The molecule has 1 aromatic carbocycles. The van der Waals surface area contributed by atoms with Crippen LogP contribution in [0.3, 0.4) is 0 Å². The number of morpholine rings is 1. The molecular formula is C16H24N2O3. The van der Waals surface area contributed by atoms with E-state index in [0.717, 1.165) is 44.1 Å². The van der Waals surface area contributed by atoms with Gasteiger partial charge in [0.25, 0.3) is 0 Å². The third kappa shape index (κ3) is 5.36. The molecule has 116 valence electrons. The number of benzene rings is 1. The minimum absolute atomic E-state index is 0.0360. The van der Waals surface area contributed by atoms with Crippen LogP contribution in [0.4, 0.5) is 11.4 Å². The predicted molar refractivity (Wildman–Crippen MR) is 83.8 cm³/mol. The van der Waals surface area contributed by atoms with E-state index in [1.165, 1.54) is 0 Å². The van der Waals surface area contributed by atoms with Crippen LogP contribution in [0.5, 0.6) is 0 Å². The summed E-state index contributed by atoms with van der Waals surface area (Å²) in [5.74, 6) is 0.0360. The number of carbonyl (C=O) groups is 1. The van der Waals surface area contributed by atoms with Crippen molar-refractivity contribution in [1.29, 1.82) is 0 Å². The first-order chi connectivity index (χ1) is 10.3. The summed E-state index contributed by atoms with van der Waals surface area (Å²) in [4.78, 5) is 14.1. The topological polar surface area (TPSA) is 50.8 Å². The molecular weight excluding hydrogens is 268 g/mol. The highest BCUT2D eigenvalue weighted by Gasteiger charge is 2.11. The second-order valence-electron chi connectivity index (χ2n) is 5.00. The Balaban J connectivity index is 1.84. The molecule has 0 aliphatic carbocycles. The predicted octanol–water partition coefficient (Wildman–Crippen LogP) is 2.28. The molecule has 0 atom stereocenters. The van der Waals surface area contributed by atoms with Crippen LogP contribution in [0, 0.1) is 0 Å². The van der Waals surface area contributed by atoms with Gasteiger partial charge in [-0.3, -0.25) is 4.79 Å². The van der Waals surface area contributed by atoms with Crippen LogP contribution in [-0.4, -0.2) is 45.4 Å². The zero-order valence-electron chi connectivity index (χ0n) is 12.6. The molecule has 0 bridgehead atoms. The molecule has 0 saturated carbocycles. The summed E-state index contributed by atoms with van der Waals surface area (Å²) < 4.78 is 10.6. The summed E-state index contributed by atoms with van der Waals surface area (Å²) in [6.45, 7) is 6.59. The van der Waals surface area contributed by atoms with Gasteiger partial charge in [0, 0.05) is 44.1 Å². The Morgan fingerprint density at radius 3 is 2.95 bits per heavy atom. The fourth-order valence-corrected chi connectivity index (χ4v) is 2.30. The molecule has 0 spiro atoms. The maximum Gasteiger partial charge on any atom is 0.224 e. The van der Waals surface area contributed by atoms with Crippen LogP contribution in [0.1, 0.15) is 19.8 Å². The van der Waals surface area contributed by atoms with Gasteiger partial charge >= 0.3 is 0 Å². The number of hydrogen-bond acceptors (Lipinski definition) is 4. The summed E-state index contributed by atoms with van der Waals surface area (Å²) in [7, 11) is 0. The zero-order valence-corrected chi connectivity index (χ0v) is 12.6. The van der Waals surface area contributed by atoms with Crippen LogP contribution >= 0.6 is 0 Å². The van der Waals surface area contributed by atoms with Gasteiger partial charge in [0.2, 0.25) is 5.91 Å².